The fourth-order valence-corrected chi connectivity index (χ4v) is 14.5. The lowest BCUT2D eigenvalue weighted by Gasteiger charge is -2.30. The molecule has 13 atom stereocenters. The van der Waals surface area contributed by atoms with Gasteiger partial charge < -0.3 is 106 Å². The Morgan fingerprint density at radius 1 is 0.527 bits per heavy atom. The SMILES string of the molecule is CC(C)NCc1ccc(C[C@@H]2NC(=O)[C@@H](Cc3c[nH]c4ccccc34)NC(=O)[C@@H]3CC(=O)NC[C@H](NC(=O)[C@H](Cc4ccccc4)NC(=O)[C@@H]([C@@H](C)O)NC2=O)C(=O)N[C@@H](CO)C(=O)N[C@H](C(=O)O)CSSC[C@H](NC(=O)[C@@H](N)Cc2ccc(O)cc2)C(=O)N[C@@H](CCCCN)C(=O)N[C@@H](Cc2ccccc2)C(=O)N3)cc1. The minimum Gasteiger partial charge on any atom is -0.508 e. The number of carbonyl (C=O) groups is 13. The number of aliphatic carboxylic acids is 1. The van der Waals surface area contributed by atoms with Crippen LogP contribution in [0.1, 0.15) is 79.8 Å². The molecule has 12 amide bonds. The summed E-state index contributed by atoms with van der Waals surface area (Å²) in [6, 6.07) is 15.4. The number of amides is 12. The number of benzene rings is 5. The molecule has 0 aliphatic carbocycles. The van der Waals surface area contributed by atoms with Crippen molar-refractivity contribution in [3.05, 3.63) is 173 Å². The van der Waals surface area contributed by atoms with Gasteiger partial charge in [0.25, 0.3) is 0 Å². The van der Waals surface area contributed by atoms with Crippen molar-refractivity contribution in [2.75, 3.05) is 31.2 Å². The smallest absolute Gasteiger partial charge is 0.327 e. The molecular formula is C77H98N16O17S2. The van der Waals surface area contributed by atoms with Gasteiger partial charge in [-0.1, -0.05) is 151 Å². The molecular weight excluding hydrogens is 1490 g/mol. The molecule has 6 aromatic rings. The highest BCUT2D eigenvalue weighted by Crippen LogP contribution is 2.25. The van der Waals surface area contributed by atoms with Gasteiger partial charge in [-0.2, -0.15) is 0 Å². The van der Waals surface area contributed by atoms with E-state index in [9.17, 15) is 54.0 Å². The third kappa shape index (κ3) is 26.6. The number of hydrogen-bond donors (Lipinski definition) is 20. The first-order chi connectivity index (χ1) is 53.6. The Labute approximate surface area is 654 Å². The molecule has 2 aliphatic rings. The molecule has 8 rings (SSSR count). The van der Waals surface area contributed by atoms with Gasteiger partial charge in [0.05, 0.1) is 25.2 Å². The summed E-state index contributed by atoms with van der Waals surface area (Å²) >= 11 is 0. The molecule has 0 radical (unpaired) electrons. The van der Waals surface area contributed by atoms with E-state index in [-0.39, 0.29) is 69.0 Å². The quantitative estimate of drug-likeness (QED) is 0.0259. The Bertz CT molecular complexity index is 4240. The normalized spacial score (nSPS) is 23.5. The van der Waals surface area contributed by atoms with Crippen molar-refractivity contribution in [3.8, 4) is 5.75 Å². The van der Waals surface area contributed by atoms with Gasteiger partial charge in [0.15, 0.2) is 0 Å². The predicted octanol–water partition coefficient (Wildman–Crippen LogP) is -1.95. The van der Waals surface area contributed by atoms with E-state index >= 15 is 28.8 Å². The number of hydrogen-bond acceptors (Lipinski definition) is 21. The van der Waals surface area contributed by atoms with E-state index in [1.807, 2.05) is 13.8 Å². The van der Waals surface area contributed by atoms with Crippen LogP contribution in [-0.2, 0) is 101 Å². The Kier molecular flexibility index (Phi) is 33.3. The lowest BCUT2D eigenvalue weighted by atomic mass is 10.00. The van der Waals surface area contributed by atoms with Gasteiger partial charge in [-0.15, -0.1) is 0 Å². The maximum atomic E-state index is 15.6. The molecule has 35 heteroatoms. The van der Waals surface area contributed by atoms with Crippen molar-refractivity contribution in [3.63, 3.8) is 0 Å². The summed E-state index contributed by atoms with van der Waals surface area (Å²) in [6.45, 7) is 3.60. The summed E-state index contributed by atoms with van der Waals surface area (Å²) in [5, 5.41) is 77.1. The molecule has 1 aromatic heterocycles. The number of rotatable bonds is 22. The number of aromatic nitrogens is 1. The van der Waals surface area contributed by atoms with Crippen molar-refractivity contribution >= 4 is 109 Å². The highest BCUT2D eigenvalue weighted by molar-refractivity contribution is 8.76. The number of aliphatic hydroxyl groups is 2. The Balaban J connectivity index is 1.26. The molecule has 33 nitrogen and oxygen atoms in total. The number of carboxylic acids is 1. The van der Waals surface area contributed by atoms with Gasteiger partial charge >= 0.3 is 5.97 Å². The number of aromatic hydroxyl groups is 1. The zero-order chi connectivity index (χ0) is 81.0. The molecule has 2 aliphatic heterocycles. The number of fused-ring (bicyclic) bond motifs is 6. The summed E-state index contributed by atoms with van der Waals surface area (Å²) in [7, 11) is 1.65. The van der Waals surface area contributed by atoms with Gasteiger partial charge in [-0.3, -0.25) is 57.5 Å². The lowest BCUT2D eigenvalue weighted by molar-refractivity contribution is -0.142. The van der Waals surface area contributed by atoms with Crippen LogP contribution in [0.25, 0.3) is 10.9 Å². The van der Waals surface area contributed by atoms with Crippen LogP contribution in [0, 0.1) is 0 Å². The van der Waals surface area contributed by atoms with Crippen LogP contribution in [0.3, 0.4) is 0 Å². The van der Waals surface area contributed by atoms with Gasteiger partial charge in [0.2, 0.25) is 70.9 Å². The van der Waals surface area contributed by atoms with E-state index in [1.165, 1.54) is 31.2 Å². The van der Waals surface area contributed by atoms with Crippen LogP contribution >= 0.6 is 21.6 Å². The molecule has 112 heavy (non-hydrogen) atoms. The van der Waals surface area contributed by atoms with Crippen molar-refractivity contribution in [1.29, 1.82) is 0 Å². The van der Waals surface area contributed by atoms with Gasteiger partial charge in [0.1, 0.15) is 72.2 Å². The van der Waals surface area contributed by atoms with Crippen LogP contribution in [0.15, 0.2) is 140 Å². The molecule has 0 spiro atoms. The number of phenols is 1. The standard InChI is InChI=1S/C77H98N16O17S2/c1-42(2)80-36-48-23-21-47(22-24-48)33-57-72(104)93-65(43(3)95)76(108)88-56(32-45-16-8-5-9-17-45)69(101)89-60-38-82-64(97)35-59(71(103)86-58(70(102)85-57)34-49-37-81-53-19-11-10-18-51(49)53)87-68(100)55(31-44-14-6-4-7-15-44)84-67(99)54(20-12-13-29-78)83-75(107)62(91-66(98)52(79)30-46-25-27-50(96)28-26-46)40-111-112-41-63(77(109)110)92-74(106)61(39-94)90-73(60)105/h4-11,14-19,21-28,37,42-43,52,54-63,65,80-81,94-96H,12-13,20,29-36,38-41,78-79H2,1-3H3,(H,82,97)(H,83,107)(H,84,99)(H,85,102)(H,86,103)(H,87,100)(H,88,108)(H,89,101)(H,90,105)(H,91,98)(H,92,106)(H,93,104)(H,109,110)/t43-,52+,54+,55+,56+,57+,58-,59+,60+,61+,62+,63+,65-/m1/s1. The second kappa shape index (κ2) is 43.0. The van der Waals surface area contributed by atoms with E-state index in [0.717, 1.165) is 27.2 Å². The van der Waals surface area contributed by atoms with E-state index in [0.29, 0.717) is 51.7 Å². The number of nitrogens with one attached hydrogen (secondary N) is 14. The highest BCUT2D eigenvalue weighted by atomic mass is 33.1. The van der Waals surface area contributed by atoms with Crippen molar-refractivity contribution < 1.29 is 82.8 Å². The molecule has 22 N–H and O–H groups in total. The summed E-state index contributed by atoms with van der Waals surface area (Å²) in [6.07, 6.45) is -2.16. The number of phenolic OH excluding ortho intramolecular Hbond substituents is 1. The van der Waals surface area contributed by atoms with Crippen LogP contribution in [0.2, 0.25) is 0 Å². The first-order valence-electron chi connectivity index (χ1n) is 36.7. The van der Waals surface area contributed by atoms with E-state index in [1.54, 1.807) is 115 Å². The molecule has 0 saturated carbocycles. The molecule has 2 fully saturated rings. The van der Waals surface area contributed by atoms with Gasteiger partial charge in [-0.25, -0.2) is 4.79 Å². The van der Waals surface area contributed by atoms with Crippen LogP contribution in [-0.4, -0.2) is 218 Å². The number of carboxylic acid groups (broad SMARTS) is 1. The van der Waals surface area contributed by atoms with Crippen molar-refractivity contribution in [2.45, 2.75) is 170 Å². The summed E-state index contributed by atoms with van der Waals surface area (Å²) in [4.78, 5) is 195. The maximum absolute atomic E-state index is 15.6. The zero-order valence-electron chi connectivity index (χ0n) is 62.0. The average Bonchev–Trinajstić information content (AvgIpc) is 1.66. The molecule has 5 aromatic carbocycles. The lowest BCUT2D eigenvalue weighted by Crippen LogP contribution is -2.64. The van der Waals surface area contributed by atoms with E-state index in [2.05, 4.69) is 74.1 Å². The molecule has 2 saturated heterocycles. The molecule has 600 valence electrons. The number of carbonyl (C=O) groups excluding carboxylic acids is 12. The summed E-state index contributed by atoms with van der Waals surface area (Å²) < 4.78 is 0. The topological polar surface area (TPSA) is 527 Å². The predicted molar refractivity (Wildman–Crippen MR) is 417 cm³/mol. The number of nitrogens with two attached hydrogens (primary N) is 2. The molecule has 2 bridgehead atoms. The summed E-state index contributed by atoms with van der Waals surface area (Å²) in [5.41, 5.74) is 16.1. The number of H-pyrrole nitrogens is 1. The monoisotopic (exact) mass is 1580 g/mol. The fourth-order valence-electron chi connectivity index (χ4n) is 12.2. The Morgan fingerprint density at radius 2 is 1.02 bits per heavy atom. The minimum absolute atomic E-state index is 0.0545. The summed E-state index contributed by atoms with van der Waals surface area (Å²) in [5.74, 6) is -15.7. The van der Waals surface area contributed by atoms with Crippen LogP contribution in [0.5, 0.6) is 5.75 Å². The number of aromatic amines is 1. The third-order valence-corrected chi connectivity index (χ3v) is 20.9. The maximum Gasteiger partial charge on any atom is 0.327 e. The first-order valence-corrected chi connectivity index (χ1v) is 39.2. The Morgan fingerprint density at radius 3 is 1.62 bits per heavy atom. The van der Waals surface area contributed by atoms with Crippen molar-refractivity contribution in [2.24, 2.45) is 11.5 Å². The molecule has 3 heterocycles. The first kappa shape index (κ1) is 86.6. The van der Waals surface area contributed by atoms with Crippen LogP contribution < -0.4 is 80.6 Å². The van der Waals surface area contributed by atoms with E-state index in [4.69, 9.17) is 11.5 Å². The molecule has 0 unspecified atom stereocenters. The van der Waals surface area contributed by atoms with Gasteiger partial charge in [0, 0.05) is 73.4 Å². The third-order valence-electron chi connectivity index (χ3n) is 18.5. The number of unbranched alkanes of at least 4 members (excludes halogenated alkanes) is 1. The largest absolute Gasteiger partial charge is 0.508 e. The van der Waals surface area contributed by atoms with E-state index < -0.39 is 181 Å². The van der Waals surface area contributed by atoms with Crippen molar-refractivity contribution in [1.82, 2.24) is 74.1 Å². The second-order valence-corrected chi connectivity index (χ2v) is 30.2. The fraction of sp³-hybridized carbons (Fsp3) is 0.416. The number of para-hydroxylation sites is 1. The highest BCUT2D eigenvalue weighted by Gasteiger charge is 2.40. The Hall–Kier alpha value is -11.0. The van der Waals surface area contributed by atoms with Gasteiger partial charge in [-0.05, 0) is 90.7 Å². The number of aliphatic hydroxyl groups excluding tert-OH is 2. The second-order valence-electron chi connectivity index (χ2n) is 27.7. The minimum atomic E-state index is -2.06. The zero-order valence-corrected chi connectivity index (χ0v) is 63.7. The van der Waals surface area contributed by atoms with Crippen LogP contribution in [0.4, 0.5) is 0 Å². The average molecular weight is 1580 g/mol.